The number of fused-ring (bicyclic) bond motifs is 2. The monoisotopic (exact) mass is 396 g/mol. The number of nitrogens with zero attached hydrogens (tertiary/aromatic N) is 1. The predicted molar refractivity (Wildman–Crippen MR) is 101 cm³/mol. The summed E-state index contributed by atoms with van der Waals surface area (Å²) in [6.07, 6.45) is -0.442. The van der Waals surface area contributed by atoms with Crippen molar-refractivity contribution in [1.29, 1.82) is 0 Å². The summed E-state index contributed by atoms with van der Waals surface area (Å²) in [7, 11) is 0. The lowest BCUT2D eigenvalue weighted by Crippen LogP contribution is -2.45. The average Bonchev–Trinajstić information content (AvgIpc) is 2.97. The van der Waals surface area contributed by atoms with Crippen molar-refractivity contribution in [2.45, 2.75) is 18.6 Å². The Bertz CT molecular complexity index is 993. The lowest BCUT2D eigenvalue weighted by atomic mass is 9.91. The third-order valence-corrected chi connectivity index (χ3v) is 5.35. The second kappa shape index (κ2) is 6.58. The summed E-state index contributed by atoms with van der Waals surface area (Å²) >= 11 is 0. The number of hydrogen-bond donors (Lipinski definition) is 1. The molecule has 0 aliphatic carbocycles. The Balaban J connectivity index is 1.36. The Morgan fingerprint density at radius 3 is 2.55 bits per heavy atom. The third kappa shape index (κ3) is 2.91. The van der Waals surface area contributed by atoms with E-state index in [-0.39, 0.29) is 19.1 Å². The number of rotatable bonds is 3. The highest BCUT2D eigenvalue weighted by Crippen LogP contribution is 2.37. The summed E-state index contributed by atoms with van der Waals surface area (Å²) in [5, 5.41) is 2.81. The normalized spacial score (nSPS) is 25.0. The number of imide groups is 1. The number of para-hydroxylation sites is 2. The van der Waals surface area contributed by atoms with Crippen LogP contribution in [0, 0.1) is 0 Å². The number of hydrogen-bond acceptors (Lipinski definition) is 6. The minimum absolute atomic E-state index is 0.0964. The first-order chi connectivity index (χ1) is 14.0. The molecule has 1 saturated heterocycles. The highest BCUT2D eigenvalue weighted by Gasteiger charge is 2.50. The molecule has 150 valence electrons. The number of nitrogens with one attached hydrogen (secondary N) is 1. The van der Waals surface area contributed by atoms with Gasteiger partial charge in [0.1, 0.15) is 25.4 Å². The van der Waals surface area contributed by atoms with Crippen LogP contribution in [0.4, 0.5) is 4.79 Å². The minimum Gasteiger partial charge on any atom is -0.486 e. The van der Waals surface area contributed by atoms with E-state index in [1.165, 1.54) is 4.90 Å². The van der Waals surface area contributed by atoms with Crippen molar-refractivity contribution in [3.63, 3.8) is 0 Å². The maximum atomic E-state index is 13.2. The summed E-state index contributed by atoms with van der Waals surface area (Å²) in [5.41, 5.74) is -0.561. The fourth-order valence-corrected chi connectivity index (χ4v) is 3.77. The third-order valence-electron chi connectivity index (χ3n) is 5.35. The zero-order valence-electron chi connectivity index (χ0n) is 15.8. The molecule has 0 saturated carbocycles. The van der Waals surface area contributed by atoms with Crippen molar-refractivity contribution >= 4 is 11.9 Å². The molecular weight excluding hydrogens is 376 g/mol. The molecule has 1 fully saturated rings. The quantitative estimate of drug-likeness (QED) is 0.800. The average molecular weight is 396 g/mol. The van der Waals surface area contributed by atoms with Gasteiger partial charge in [0, 0.05) is 0 Å². The zero-order chi connectivity index (χ0) is 20.0. The lowest BCUT2D eigenvalue weighted by Gasteiger charge is -2.29. The van der Waals surface area contributed by atoms with E-state index in [1.807, 2.05) is 18.2 Å². The second-order valence-corrected chi connectivity index (χ2v) is 7.33. The lowest BCUT2D eigenvalue weighted by molar-refractivity contribution is -0.132. The molecule has 29 heavy (non-hydrogen) atoms. The Kier molecular flexibility index (Phi) is 4.01. The van der Waals surface area contributed by atoms with Crippen molar-refractivity contribution in [2.75, 3.05) is 26.4 Å². The van der Waals surface area contributed by atoms with Crippen LogP contribution >= 0.6 is 0 Å². The van der Waals surface area contributed by atoms with Crippen LogP contribution in [0.25, 0.3) is 0 Å². The highest BCUT2D eigenvalue weighted by atomic mass is 16.6. The Hall–Kier alpha value is -3.42. The SMILES string of the molecule is C[C@@]1(c2ccc3c(c2)OCCO3)NC(=O)N(C[C@H]2COc3ccccc3O2)C1=O. The van der Waals surface area contributed by atoms with Crippen LogP contribution in [0.3, 0.4) is 0 Å². The molecule has 5 rings (SSSR count). The molecule has 3 heterocycles. The maximum Gasteiger partial charge on any atom is 0.325 e. The van der Waals surface area contributed by atoms with Gasteiger partial charge in [-0.2, -0.15) is 0 Å². The van der Waals surface area contributed by atoms with E-state index in [0.29, 0.717) is 41.8 Å². The van der Waals surface area contributed by atoms with Gasteiger partial charge in [-0.05, 0) is 36.8 Å². The van der Waals surface area contributed by atoms with Crippen LogP contribution in [0.15, 0.2) is 42.5 Å². The van der Waals surface area contributed by atoms with E-state index in [2.05, 4.69) is 5.32 Å². The topological polar surface area (TPSA) is 86.3 Å². The molecule has 8 nitrogen and oxygen atoms in total. The Morgan fingerprint density at radius 2 is 1.72 bits per heavy atom. The van der Waals surface area contributed by atoms with Crippen molar-refractivity contribution in [1.82, 2.24) is 10.2 Å². The standard InChI is InChI=1S/C21H20N2O6/c1-21(13-6-7-16-18(10-13)27-9-8-26-16)19(24)23(20(25)22-21)11-14-12-28-15-4-2-3-5-17(15)29-14/h2-7,10,14H,8-9,11-12H2,1H3,(H,22,25)/t14-,21-/m0/s1. The van der Waals surface area contributed by atoms with Crippen molar-refractivity contribution in [2.24, 2.45) is 0 Å². The Morgan fingerprint density at radius 1 is 1.00 bits per heavy atom. The van der Waals surface area contributed by atoms with Crippen LogP contribution in [0.5, 0.6) is 23.0 Å². The number of amides is 3. The van der Waals surface area contributed by atoms with E-state index >= 15 is 0 Å². The van der Waals surface area contributed by atoms with Crippen LogP contribution in [-0.4, -0.2) is 49.3 Å². The molecule has 2 aromatic carbocycles. The van der Waals surface area contributed by atoms with E-state index in [0.717, 1.165) is 0 Å². The molecule has 3 aliphatic heterocycles. The van der Waals surface area contributed by atoms with Crippen LogP contribution in [0.1, 0.15) is 12.5 Å². The summed E-state index contributed by atoms with van der Waals surface area (Å²) in [4.78, 5) is 27.0. The minimum atomic E-state index is -1.19. The Labute approximate surface area is 167 Å². The molecule has 8 heteroatoms. The van der Waals surface area contributed by atoms with Crippen LogP contribution in [0.2, 0.25) is 0 Å². The van der Waals surface area contributed by atoms with E-state index in [9.17, 15) is 9.59 Å². The molecule has 3 amide bonds. The molecule has 2 aromatic rings. The highest BCUT2D eigenvalue weighted by molar-refractivity contribution is 6.07. The van der Waals surface area contributed by atoms with Crippen molar-refractivity contribution < 1.29 is 28.5 Å². The first kappa shape index (κ1) is 17.7. The number of benzene rings is 2. The molecular formula is C21H20N2O6. The van der Waals surface area contributed by atoms with Gasteiger partial charge in [0.25, 0.3) is 5.91 Å². The number of carbonyl (C=O) groups is 2. The van der Waals surface area contributed by atoms with E-state index < -0.39 is 17.7 Å². The van der Waals surface area contributed by atoms with Gasteiger partial charge in [-0.25, -0.2) is 4.79 Å². The molecule has 0 spiro atoms. The second-order valence-electron chi connectivity index (χ2n) is 7.33. The van der Waals surface area contributed by atoms with Gasteiger partial charge in [0.15, 0.2) is 29.1 Å². The summed E-state index contributed by atoms with van der Waals surface area (Å²) in [6.45, 7) is 2.97. The smallest absolute Gasteiger partial charge is 0.325 e. The summed E-state index contributed by atoms with van der Waals surface area (Å²) < 4.78 is 22.7. The summed E-state index contributed by atoms with van der Waals surface area (Å²) in [6, 6.07) is 12.1. The first-order valence-corrected chi connectivity index (χ1v) is 9.47. The largest absolute Gasteiger partial charge is 0.486 e. The first-order valence-electron chi connectivity index (χ1n) is 9.47. The fourth-order valence-electron chi connectivity index (χ4n) is 3.77. The predicted octanol–water partition coefficient (Wildman–Crippen LogP) is 2.06. The van der Waals surface area contributed by atoms with Gasteiger partial charge >= 0.3 is 6.03 Å². The fraction of sp³-hybridized carbons (Fsp3) is 0.333. The van der Waals surface area contributed by atoms with E-state index in [4.69, 9.17) is 18.9 Å². The van der Waals surface area contributed by atoms with Crippen molar-refractivity contribution in [3.8, 4) is 23.0 Å². The number of urea groups is 1. The number of ether oxygens (including phenoxy) is 4. The van der Waals surface area contributed by atoms with E-state index in [1.54, 1.807) is 31.2 Å². The maximum absolute atomic E-state index is 13.2. The van der Waals surface area contributed by atoms with Crippen LogP contribution < -0.4 is 24.3 Å². The molecule has 0 unspecified atom stereocenters. The molecule has 2 atom stereocenters. The molecule has 0 radical (unpaired) electrons. The van der Waals surface area contributed by atoms with Gasteiger partial charge in [-0.1, -0.05) is 18.2 Å². The van der Waals surface area contributed by atoms with Gasteiger partial charge in [0.2, 0.25) is 0 Å². The van der Waals surface area contributed by atoms with Gasteiger partial charge in [0.05, 0.1) is 6.54 Å². The van der Waals surface area contributed by atoms with Gasteiger partial charge in [-0.3, -0.25) is 9.69 Å². The number of carbonyl (C=O) groups excluding carboxylic acids is 2. The van der Waals surface area contributed by atoms with Crippen molar-refractivity contribution in [3.05, 3.63) is 48.0 Å². The molecule has 0 bridgehead atoms. The molecule has 3 aliphatic rings. The molecule has 0 aromatic heterocycles. The zero-order valence-corrected chi connectivity index (χ0v) is 15.8. The van der Waals surface area contributed by atoms with Gasteiger partial charge < -0.3 is 24.3 Å². The summed E-state index contributed by atoms with van der Waals surface area (Å²) in [5.74, 6) is 2.11. The molecule has 1 N–H and O–H groups in total. The van der Waals surface area contributed by atoms with Gasteiger partial charge in [-0.15, -0.1) is 0 Å². The van der Waals surface area contributed by atoms with Crippen LogP contribution in [-0.2, 0) is 10.3 Å².